The standard InChI is InChI=1S/C51H32N4O/c1-3-7-47-45(5-1)49(50-46-6-2-4-8-48(46)56-51(50)54-47)35-17-23-44(24-18-35)55(42-19-13-33(14-20-42)36-9-11-40-31-52-27-25-38(40)29-36)43-21-15-34(16-22-43)37-10-12-41-32-53-28-26-39(41)30-37/h1-32H. The summed E-state index contributed by atoms with van der Waals surface area (Å²) in [6.45, 7) is 0. The minimum absolute atomic E-state index is 0.650. The van der Waals surface area contributed by atoms with Crippen LogP contribution in [-0.2, 0) is 0 Å². The van der Waals surface area contributed by atoms with E-state index >= 15 is 0 Å². The molecule has 0 saturated heterocycles. The molecule has 11 rings (SSSR count). The van der Waals surface area contributed by atoms with E-state index in [1.54, 1.807) is 0 Å². The second kappa shape index (κ2) is 13.0. The molecule has 0 fully saturated rings. The van der Waals surface area contributed by atoms with Crippen molar-refractivity contribution >= 4 is 71.6 Å². The monoisotopic (exact) mass is 716 g/mol. The molecule has 5 nitrogen and oxygen atoms in total. The van der Waals surface area contributed by atoms with Crippen LogP contribution in [0.1, 0.15) is 0 Å². The van der Waals surface area contributed by atoms with Crippen LogP contribution in [0.2, 0.25) is 0 Å². The van der Waals surface area contributed by atoms with E-state index < -0.39 is 0 Å². The quantitative estimate of drug-likeness (QED) is 0.171. The Labute approximate surface area is 322 Å². The molecule has 0 bridgehead atoms. The zero-order chi connectivity index (χ0) is 37.0. The predicted molar refractivity (Wildman–Crippen MR) is 231 cm³/mol. The second-order valence-electron chi connectivity index (χ2n) is 14.1. The highest BCUT2D eigenvalue weighted by Crippen LogP contribution is 2.42. The number of nitrogens with zero attached hydrogens (tertiary/aromatic N) is 4. The third kappa shape index (κ3) is 5.45. The number of pyridine rings is 3. The van der Waals surface area contributed by atoms with Crippen molar-refractivity contribution in [2.24, 2.45) is 0 Å². The highest BCUT2D eigenvalue weighted by atomic mass is 16.3. The van der Waals surface area contributed by atoms with E-state index in [0.717, 1.165) is 77.3 Å². The molecule has 0 saturated carbocycles. The molecule has 0 spiro atoms. The molecule has 0 N–H and O–H groups in total. The molecule has 0 atom stereocenters. The molecular weight excluding hydrogens is 685 g/mol. The van der Waals surface area contributed by atoms with Crippen LogP contribution in [0.4, 0.5) is 17.1 Å². The summed E-state index contributed by atoms with van der Waals surface area (Å²) in [4.78, 5) is 15.8. The molecule has 11 aromatic rings. The van der Waals surface area contributed by atoms with Gasteiger partial charge in [0.1, 0.15) is 5.58 Å². The van der Waals surface area contributed by atoms with E-state index in [1.165, 1.54) is 21.9 Å². The van der Waals surface area contributed by atoms with Crippen LogP contribution >= 0.6 is 0 Å². The van der Waals surface area contributed by atoms with Crippen molar-refractivity contribution in [2.75, 3.05) is 4.90 Å². The molecule has 0 aliphatic rings. The number of rotatable bonds is 6. The van der Waals surface area contributed by atoms with Crippen molar-refractivity contribution in [3.05, 3.63) is 195 Å². The van der Waals surface area contributed by atoms with Gasteiger partial charge in [0, 0.05) is 69.0 Å². The van der Waals surface area contributed by atoms with Crippen LogP contribution in [0.3, 0.4) is 0 Å². The average Bonchev–Trinajstić information content (AvgIpc) is 3.64. The fraction of sp³-hybridized carbons (Fsp3) is 0. The van der Waals surface area contributed by atoms with E-state index in [2.05, 4.69) is 167 Å². The Kier molecular flexibility index (Phi) is 7.42. The van der Waals surface area contributed by atoms with Gasteiger partial charge in [-0.15, -0.1) is 0 Å². The first-order chi connectivity index (χ1) is 27.7. The van der Waals surface area contributed by atoms with Gasteiger partial charge in [-0.3, -0.25) is 9.97 Å². The van der Waals surface area contributed by atoms with E-state index in [1.807, 2.05) is 43.0 Å². The molecule has 7 aromatic carbocycles. The van der Waals surface area contributed by atoms with Gasteiger partial charge >= 0.3 is 0 Å². The molecule has 0 aliphatic heterocycles. The largest absolute Gasteiger partial charge is 0.438 e. The van der Waals surface area contributed by atoms with Crippen molar-refractivity contribution in [2.45, 2.75) is 0 Å². The van der Waals surface area contributed by atoms with Crippen LogP contribution in [-0.4, -0.2) is 15.0 Å². The van der Waals surface area contributed by atoms with Gasteiger partial charge < -0.3 is 9.32 Å². The maximum absolute atomic E-state index is 6.30. The number of anilines is 3. The van der Waals surface area contributed by atoms with Crippen LogP contribution in [0.25, 0.3) is 87.9 Å². The predicted octanol–water partition coefficient (Wildman–Crippen LogP) is 13.7. The minimum Gasteiger partial charge on any atom is -0.438 e. The van der Waals surface area contributed by atoms with Gasteiger partial charge in [0.25, 0.3) is 0 Å². The maximum Gasteiger partial charge on any atom is 0.228 e. The number of aromatic nitrogens is 3. The third-order valence-corrected chi connectivity index (χ3v) is 10.8. The maximum atomic E-state index is 6.30. The summed E-state index contributed by atoms with van der Waals surface area (Å²) in [5, 5.41) is 7.81. The molecule has 56 heavy (non-hydrogen) atoms. The lowest BCUT2D eigenvalue weighted by Crippen LogP contribution is -2.09. The minimum atomic E-state index is 0.650. The molecule has 5 heteroatoms. The summed E-state index contributed by atoms with van der Waals surface area (Å²) in [7, 11) is 0. The third-order valence-electron chi connectivity index (χ3n) is 10.8. The molecule has 0 aliphatic carbocycles. The highest BCUT2D eigenvalue weighted by molar-refractivity contribution is 6.18. The zero-order valence-corrected chi connectivity index (χ0v) is 30.2. The summed E-state index contributed by atoms with van der Waals surface area (Å²) in [5.74, 6) is 0. The second-order valence-corrected chi connectivity index (χ2v) is 14.1. The fourth-order valence-corrected chi connectivity index (χ4v) is 8.04. The van der Waals surface area contributed by atoms with Crippen LogP contribution < -0.4 is 4.90 Å². The van der Waals surface area contributed by atoms with Crippen molar-refractivity contribution in [1.29, 1.82) is 0 Å². The van der Waals surface area contributed by atoms with Crippen molar-refractivity contribution in [3.8, 4) is 33.4 Å². The molecular formula is C51H32N4O. The van der Waals surface area contributed by atoms with Gasteiger partial charge in [0.15, 0.2) is 0 Å². The van der Waals surface area contributed by atoms with Gasteiger partial charge in [-0.2, -0.15) is 0 Å². The fourth-order valence-electron chi connectivity index (χ4n) is 8.04. The van der Waals surface area contributed by atoms with Crippen molar-refractivity contribution in [1.82, 2.24) is 15.0 Å². The van der Waals surface area contributed by atoms with Gasteiger partial charge in [-0.25, -0.2) is 4.98 Å². The molecule has 0 unspecified atom stereocenters. The van der Waals surface area contributed by atoms with Gasteiger partial charge in [-0.05, 0) is 111 Å². The number of para-hydroxylation sites is 2. The van der Waals surface area contributed by atoms with Crippen LogP contribution in [0.5, 0.6) is 0 Å². The molecule has 0 radical (unpaired) electrons. The number of hydrogen-bond donors (Lipinski definition) is 0. The normalized spacial score (nSPS) is 11.6. The SMILES string of the molecule is c1ccc2c(-c3ccc(N(c4ccc(-c5ccc6cnccc6c5)cc4)c4ccc(-c5ccc6cnccc6c5)cc4)cc3)c3c(nc2c1)oc1ccccc13. The number of fused-ring (bicyclic) bond motifs is 6. The molecule has 4 aromatic heterocycles. The van der Waals surface area contributed by atoms with E-state index in [-0.39, 0.29) is 0 Å². The van der Waals surface area contributed by atoms with Crippen LogP contribution in [0.15, 0.2) is 199 Å². The van der Waals surface area contributed by atoms with E-state index in [0.29, 0.717) is 5.71 Å². The molecule has 0 amide bonds. The first-order valence-electron chi connectivity index (χ1n) is 18.7. The highest BCUT2D eigenvalue weighted by Gasteiger charge is 2.19. The summed E-state index contributed by atoms with van der Waals surface area (Å²) < 4.78 is 6.30. The van der Waals surface area contributed by atoms with Gasteiger partial charge in [-0.1, -0.05) is 97.1 Å². The van der Waals surface area contributed by atoms with Gasteiger partial charge in [0.2, 0.25) is 5.71 Å². The van der Waals surface area contributed by atoms with E-state index in [9.17, 15) is 0 Å². The Hall–Kier alpha value is -7.63. The Bertz CT molecular complexity index is 3120. The topological polar surface area (TPSA) is 55.1 Å². The van der Waals surface area contributed by atoms with Crippen LogP contribution in [0, 0.1) is 0 Å². The first kappa shape index (κ1) is 31.9. The van der Waals surface area contributed by atoms with Gasteiger partial charge in [0.05, 0.1) is 10.9 Å². The first-order valence-corrected chi connectivity index (χ1v) is 18.7. The van der Waals surface area contributed by atoms with Crippen molar-refractivity contribution in [3.63, 3.8) is 0 Å². The lowest BCUT2D eigenvalue weighted by molar-refractivity contribution is 0.656. The number of benzene rings is 7. The lowest BCUT2D eigenvalue weighted by Gasteiger charge is -2.26. The summed E-state index contributed by atoms with van der Waals surface area (Å²) in [6.07, 6.45) is 7.51. The Balaban J connectivity index is 1.02. The summed E-state index contributed by atoms with van der Waals surface area (Å²) >= 11 is 0. The van der Waals surface area contributed by atoms with E-state index in [4.69, 9.17) is 9.40 Å². The zero-order valence-electron chi connectivity index (χ0n) is 30.2. The molecule has 4 heterocycles. The number of furan rings is 1. The lowest BCUT2D eigenvalue weighted by atomic mass is 9.96. The molecule has 262 valence electrons. The summed E-state index contributed by atoms with van der Waals surface area (Å²) in [6, 6.07) is 60.3. The Morgan fingerprint density at radius 2 is 0.911 bits per heavy atom. The average molecular weight is 717 g/mol. The number of hydrogen-bond acceptors (Lipinski definition) is 5. The van der Waals surface area contributed by atoms with Crippen molar-refractivity contribution < 1.29 is 4.42 Å². The summed E-state index contributed by atoms with van der Waals surface area (Å²) in [5.41, 5.74) is 12.5. The Morgan fingerprint density at radius 1 is 0.411 bits per heavy atom. The Morgan fingerprint density at radius 3 is 1.50 bits per heavy atom. The smallest absolute Gasteiger partial charge is 0.228 e.